The van der Waals surface area contributed by atoms with E-state index in [2.05, 4.69) is 39.0 Å². The summed E-state index contributed by atoms with van der Waals surface area (Å²) in [5.41, 5.74) is 3.39. The van der Waals surface area contributed by atoms with Crippen LogP contribution in [0.25, 0.3) is 22.3 Å². The summed E-state index contributed by atoms with van der Waals surface area (Å²) in [5.74, 6) is 2.72. The quantitative estimate of drug-likeness (QED) is 0.777. The van der Waals surface area contributed by atoms with Crippen LogP contribution in [-0.4, -0.2) is 53.8 Å². The Morgan fingerprint density at radius 1 is 1.22 bits per heavy atom. The first-order chi connectivity index (χ1) is 13.4. The van der Waals surface area contributed by atoms with Crippen LogP contribution in [0.5, 0.6) is 0 Å². The maximum atomic E-state index is 5.77. The highest BCUT2D eigenvalue weighted by molar-refractivity contribution is 5.93. The molecule has 0 bridgehead atoms. The second-order valence-electron chi connectivity index (χ2n) is 7.92. The fourth-order valence-corrected chi connectivity index (χ4v) is 4.43. The molecule has 27 heavy (non-hydrogen) atoms. The largest absolute Gasteiger partial charge is 0.377 e. The second-order valence-corrected chi connectivity index (χ2v) is 7.92. The van der Waals surface area contributed by atoms with Gasteiger partial charge in [0.25, 0.3) is 0 Å². The number of fused-ring (bicyclic) bond motifs is 4. The molecule has 6 nitrogen and oxygen atoms in total. The number of H-pyrrole nitrogens is 1. The van der Waals surface area contributed by atoms with Crippen molar-refractivity contribution in [3.05, 3.63) is 36.7 Å². The van der Waals surface area contributed by atoms with E-state index in [1.807, 2.05) is 12.4 Å². The third-order valence-electron chi connectivity index (χ3n) is 6.03. The number of morpholine rings is 1. The van der Waals surface area contributed by atoms with Crippen LogP contribution >= 0.6 is 0 Å². The summed E-state index contributed by atoms with van der Waals surface area (Å²) in [7, 11) is 0. The normalized spacial score (nSPS) is 22.0. The molecule has 6 rings (SSSR count). The van der Waals surface area contributed by atoms with Crippen molar-refractivity contribution in [3.63, 3.8) is 0 Å². The zero-order valence-corrected chi connectivity index (χ0v) is 15.3. The molecule has 1 saturated carbocycles. The minimum Gasteiger partial charge on any atom is -0.377 e. The number of hydrogen-bond donors (Lipinski definition) is 1. The van der Waals surface area contributed by atoms with Gasteiger partial charge >= 0.3 is 0 Å². The molecule has 2 fully saturated rings. The smallest absolute Gasteiger partial charge is 0.162 e. The van der Waals surface area contributed by atoms with Crippen LogP contribution in [0.4, 0.5) is 11.5 Å². The number of aromatic amines is 1. The molecule has 1 atom stereocenters. The number of benzene rings is 1. The maximum absolute atomic E-state index is 5.77. The molecule has 1 N–H and O–H groups in total. The van der Waals surface area contributed by atoms with Crippen LogP contribution in [0, 0.1) is 5.92 Å². The van der Waals surface area contributed by atoms with E-state index >= 15 is 0 Å². The Morgan fingerprint density at radius 3 is 3.11 bits per heavy atom. The van der Waals surface area contributed by atoms with Crippen LogP contribution in [0.1, 0.15) is 12.8 Å². The zero-order valence-electron chi connectivity index (χ0n) is 15.3. The van der Waals surface area contributed by atoms with Gasteiger partial charge in [0.05, 0.1) is 31.1 Å². The highest BCUT2D eigenvalue weighted by Gasteiger charge is 2.37. The Bertz CT molecular complexity index is 995. The predicted octanol–water partition coefficient (Wildman–Crippen LogP) is 3.06. The molecule has 4 heterocycles. The van der Waals surface area contributed by atoms with E-state index in [-0.39, 0.29) is 0 Å². The Kier molecular flexibility index (Phi) is 3.41. The van der Waals surface area contributed by atoms with Gasteiger partial charge in [-0.15, -0.1) is 0 Å². The van der Waals surface area contributed by atoms with E-state index in [4.69, 9.17) is 14.7 Å². The number of hydrogen-bond acceptors (Lipinski definition) is 5. The molecule has 1 unspecified atom stereocenters. The third kappa shape index (κ3) is 2.58. The number of nitrogens with zero attached hydrogens (tertiary/aromatic N) is 4. The Balaban J connectivity index is 1.47. The van der Waals surface area contributed by atoms with Gasteiger partial charge in [0.1, 0.15) is 0 Å². The second kappa shape index (κ2) is 5.96. The minimum absolute atomic E-state index is 0.385. The van der Waals surface area contributed by atoms with E-state index in [0.29, 0.717) is 6.04 Å². The van der Waals surface area contributed by atoms with Gasteiger partial charge in [-0.2, -0.15) is 0 Å². The maximum Gasteiger partial charge on any atom is 0.162 e. The molecular weight excluding hydrogens is 338 g/mol. The molecule has 138 valence electrons. The molecule has 2 aromatic heterocycles. The highest BCUT2D eigenvalue weighted by Crippen LogP contribution is 2.39. The minimum atomic E-state index is 0.385. The molecular formula is C21H23N5O. The molecule has 1 saturated heterocycles. The molecule has 6 heteroatoms. The van der Waals surface area contributed by atoms with Gasteiger partial charge in [0.15, 0.2) is 11.6 Å². The fourth-order valence-electron chi connectivity index (χ4n) is 4.43. The van der Waals surface area contributed by atoms with E-state index < -0.39 is 0 Å². The molecule has 3 aliphatic rings. The summed E-state index contributed by atoms with van der Waals surface area (Å²) in [6.45, 7) is 4.59. The predicted molar refractivity (Wildman–Crippen MR) is 106 cm³/mol. The molecule has 0 radical (unpaired) electrons. The summed E-state index contributed by atoms with van der Waals surface area (Å²) >= 11 is 0. The van der Waals surface area contributed by atoms with Crippen molar-refractivity contribution in [1.82, 2.24) is 15.0 Å². The van der Waals surface area contributed by atoms with Gasteiger partial charge in [-0.1, -0.05) is 12.1 Å². The van der Waals surface area contributed by atoms with Crippen molar-refractivity contribution in [3.8, 4) is 11.4 Å². The monoisotopic (exact) mass is 361 g/mol. The van der Waals surface area contributed by atoms with Crippen LogP contribution in [0.15, 0.2) is 36.7 Å². The number of aromatic nitrogens is 3. The first-order valence-electron chi connectivity index (χ1n) is 9.90. The molecule has 0 amide bonds. The number of nitrogens with one attached hydrogen (secondary N) is 1. The van der Waals surface area contributed by atoms with Crippen molar-refractivity contribution in [2.45, 2.75) is 18.9 Å². The van der Waals surface area contributed by atoms with Gasteiger partial charge in [0.2, 0.25) is 0 Å². The van der Waals surface area contributed by atoms with Crippen molar-refractivity contribution in [1.29, 1.82) is 0 Å². The fraction of sp³-hybridized carbons (Fsp3) is 0.429. The summed E-state index contributed by atoms with van der Waals surface area (Å²) < 4.78 is 5.77. The Hall–Kier alpha value is -2.60. The van der Waals surface area contributed by atoms with Crippen LogP contribution in [0.3, 0.4) is 0 Å². The third-order valence-corrected chi connectivity index (χ3v) is 6.03. The SMILES string of the molecule is c1cc(-c2ncc3c(n2)N2CCOCC2CN3CC2CC2)c2cc[nH]c2c1. The Morgan fingerprint density at radius 2 is 2.19 bits per heavy atom. The van der Waals surface area contributed by atoms with Crippen molar-refractivity contribution in [2.24, 2.45) is 5.92 Å². The van der Waals surface area contributed by atoms with Crippen molar-refractivity contribution < 1.29 is 4.74 Å². The van der Waals surface area contributed by atoms with Gasteiger partial charge in [-0.25, -0.2) is 9.97 Å². The number of anilines is 2. The summed E-state index contributed by atoms with van der Waals surface area (Å²) in [4.78, 5) is 18.1. The lowest BCUT2D eigenvalue weighted by atomic mass is 10.1. The van der Waals surface area contributed by atoms with E-state index in [0.717, 1.165) is 61.5 Å². The molecule has 1 aliphatic carbocycles. The van der Waals surface area contributed by atoms with Gasteiger partial charge in [-0.05, 0) is 30.9 Å². The molecule has 0 spiro atoms. The van der Waals surface area contributed by atoms with Crippen LogP contribution in [-0.2, 0) is 4.74 Å². The molecule has 3 aromatic rings. The first-order valence-corrected chi connectivity index (χ1v) is 9.90. The van der Waals surface area contributed by atoms with Gasteiger partial charge < -0.3 is 19.5 Å². The van der Waals surface area contributed by atoms with E-state index in [1.165, 1.54) is 23.9 Å². The van der Waals surface area contributed by atoms with E-state index in [1.54, 1.807) is 0 Å². The molecule has 2 aliphatic heterocycles. The lowest BCUT2D eigenvalue weighted by molar-refractivity contribution is 0.0936. The van der Waals surface area contributed by atoms with Crippen LogP contribution < -0.4 is 9.80 Å². The Labute approximate surface area is 158 Å². The number of rotatable bonds is 3. The summed E-state index contributed by atoms with van der Waals surface area (Å²) in [6, 6.07) is 8.75. The number of ether oxygens (including phenoxy) is 1. The lowest BCUT2D eigenvalue weighted by Gasteiger charge is -2.45. The average Bonchev–Trinajstić information content (AvgIpc) is 3.39. The molecule has 1 aromatic carbocycles. The zero-order chi connectivity index (χ0) is 17.8. The average molecular weight is 361 g/mol. The highest BCUT2D eigenvalue weighted by atomic mass is 16.5. The first kappa shape index (κ1) is 15.5. The van der Waals surface area contributed by atoms with Gasteiger partial charge in [0, 0.05) is 42.3 Å². The standard InChI is InChI=1S/C21H23N5O/c1-2-17(16-6-7-22-18(16)3-1)20-23-10-19-21(24-20)26-8-9-27-13-15(26)12-25(19)11-14-4-5-14/h1-3,6-7,10,14-15,22H,4-5,8-9,11-13H2. The van der Waals surface area contributed by atoms with Crippen molar-refractivity contribution >= 4 is 22.4 Å². The van der Waals surface area contributed by atoms with Gasteiger partial charge in [-0.3, -0.25) is 0 Å². The topological polar surface area (TPSA) is 57.3 Å². The summed E-state index contributed by atoms with van der Waals surface area (Å²) in [5, 5.41) is 1.17. The van der Waals surface area contributed by atoms with E-state index in [9.17, 15) is 0 Å². The van der Waals surface area contributed by atoms with Crippen LogP contribution in [0.2, 0.25) is 0 Å². The summed E-state index contributed by atoms with van der Waals surface area (Å²) in [6.07, 6.45) is 6.72. The van der Waals surface area contributed by atoms with Crippen molar-refractivity contribution in [2.75, 3.05) is 42.6 Å². The lowest BCUT2D eigenvalue weighted by Crippen LogP contribution is -2.55.